The van der Waals surface area contributed by atoms with Crippen molar-refractivity contribution in [1.82, 2.24) is 0 Å². The van der Waals surface area contributed by atoms with Crippen LogP contribution in [0.3, 0.4) is 0 Å². The van der Waals surface area contributed by atoms with E-state index in [1.165, 1.54) is 27.9 Å². The van der Waals surface area contributed by atoms with Gasteiger partial charge in [-0.25, -0.2) is 0 Å². The number of nitrogens with zero attached hydrogens (tertiary/aromatic N) is 1. The molecule has 2 N–H and O–H groups in total. The van der Waals surface area contributed by atoms with E-state index in [1.807, 2.05) is 0 Å². The zero-order valence-electron chi connectivity index (χ0n) is 12.0. The molecule has 0 aliphatic heterocycles. The van der Waals surface area contributed by atoms with Crippen LogP contribution in [0.5, 0.6) is 0 Å². The first-order chi connectivity index (χ1) is 9.08. The molecule has 2 nitrogen and oxygen atoms in total. The summed E-state index contributed by atoms with van der Waals surface area (Å²) < 4.78 is 0. The highest BCUT2D eigenvalue weighted by Crippen LogP contribution is 2.19. The number of benzene rings is 2. The van der Waals surface area contributed by atoms with Gasteiger partial charge in [0.15, 0.2) is 0 Å². The van der Waals surface area contributed by atoms with Crippen molar-refractivity contribution in [3.63, 3.8) is 0 Å². The zero-order chi connectivity index (χ0) is 13.8. The zero-order valence-corrected chi connectivity index (χ0v) is 12.0. The van der Waals surface area contributed by atoms with E-state index in [0.29, 0.717) is 6.54 Å². The molecule has 0 atom stereocenters. The molecule has 0 amide bonds. The third-order valence-electron chi connectivity index (χ3n) is 3.29. The van der Waals surface area contributed by atoms with Crippen molar-refractivity contribution in [2.75, 3.05) is 11.9 Å². The Balaban J connectivity index is 2.17. The van der Waals surface area contributed by atoms with Crippen molar-refractivity contribution in [2.45, 2.75) is 26.9 Å². The Labute approximate surface area is 115 Å². The minimum Gasteiger partial charge on any atom is -0.370 e. The lowest BCUT2D eigenvalue weighted by Gasteiger charge is -2.21. The summed E-state index contributed by atoms with van der Waals surface area (Å²) in [5.41, 5.74) is 12.0. The third kappa shape index (κ3) is 3.58. The van der Waals surface area contributed by atoms with Crippen LogP contribution in [-0.4, -0.2) is 7.05 Å². The number of rotatable bonds is 4. The predicted octanol–water partition coefficient (Wildman–Crippen LogP) is 3.40. The van der Waals surface area contributed by atoms with Crippen molar-refractivity contribution in [1.29, 1.82) is 0 Å². The van der Waals surface area contributed by atoms with Gasteiger partial charge < -0.3 is 10.6 Å². The van der Waals surface area contributed by atoms with Crippen LogP contribution in [0.1, 0.15) is 22.3 Å². The first-order valence-electron chi connectivity index (χ1n) is 6.66. The molecule has 0 saturated carbocycles. The second kappa shape index (κ2) is 5.89. The lowest BCUT2D eigenvalue weighted by atomic mass is 10.1. The molecule has 0 fully saturated rings. The summed E-state index contributed by atoms with van der Waals surface area (Å²) in [6.07, 6.45) is 0. The van der Waals surface area contributed by atoms with E-state index in [-0.39, 0.29) is 0 Å². The number of anilines is 1. The number of hydrogen-bond acceptors (Lipinski definition) is 2. The number of nitrogens with two attached hydrogens (primary N) is 1. The van der Waals surface area contributed by atoms with Gasteiger partial charge in [0.1, 0.15) is 0 Å². The van der Waals surface area contributed by atoms with Crippen molar-refractivity contribution < 1.29 is 0 Å². The molecule has 0 saturated heterocycles. The van der Waals surface area contributed by atoms with Crippen molar-refractivity contribution in [3.8, 4) is 0 Å². The summed E-state index contributed by atoms with van der Waals surface area (Å²) in [5.74, 6) is 0. The second-order valence-electron chi connectivity index (χ2n) is 5.23. The van der Waals surface area contributed by atoms with E-state index in [4.69, 9.17) is 5.73 Å². The average Bonchev–Trinajstić information content (AvgIpc) is 2.37. The van der Waals surface area contributed by atoms with Crippen molar-refractivity contribution in [3.05, 3.63) is 64.7 Å². The van der Waals surface area contributed by atoms with Crippen molar-refractivity contribution >= 4 is 5.69 Å². The molecular formula is C17H22N2. The van der Waals surface area contributed by atoms with Crippen LogP contribution in [0.2, 0.25) is 0 Å². The summed E-state index contributed by atoms with van der Waals surface area (Å²) >= 11 is 0. The molecule has 0 radical (unpaired) electrons. The van der Waals surface area contributed by atoms with E-state index >= 15 is 0 Å². The molecule has 0 spiro atoms. The predicted molar refractivity (Wildman–Crippen MR) is 82.4 cm³/mol. The average molecular weight is 254 g/mol. The Morgan fingerprint density at radius 1 is 0.947 bits per heavy atom. The van der Waals surface area contributed by atoms with Crippen LogP contribution < -0.4 is 10.6 Å². The SMILES string of the molecule is Cc1cc(C)cc(N(C)Cc2cccc(CN)c2)c1. The topological polar surface area (TPSA) is 29.3 Å². The summed E-state index contributed by atoms with van der Waals surface area (Å²) in [7, 11) is 2.13. The van der Waals surface area contributed by atoms with E-state index in [2.05, 4.69) is 68.3 Å². The molecule has 2 rings (SSSR count). The summed E-state index contributed by atoms with van der Waals surface area (Å²) in [4.78, 5) is 2.27. The maximum atomic E-state index is 5.69. The molecule has 19 heavy (non-hydrogen) atoms. The highest BCUT2D eigenvalue weighted by molar-refractivity contribution is 5.50. The Morgan fingerprint density at radius 3 is 2.21 bits per heavy atom. The van der Waals surface area contributed by atoms with Gasteiger partial charge in [0.05, 0.1) is 0 Å². The van der Waals surface area contributed by atoms with Gasteiger partial charge in [-0.15, -0.1) is 0 Å². The van der Waals surface area contributed by atoms with E-state index in [1.54, 1.807) is 0 Å². The van der Waals surface area contributed by atoms with Gasteiger partial charge in [0, 0.05) is 25.8 Å². The maximum Gasteiger partial charge on any atom is 0.0426 e. The van der Waals surface area contributed by atoms with E-state index in [0.717, 1.165) is 6.54 Å². The van der Waals surface area contributed by atoms with Gasteiger partial charge in [0.25, 0.3) is 0 Å². The maximum absolute atomic E-state index is 5.69. The fourth-order valence-electron chi connectivity index (χ4n) is 2.39. The van der Waals surface area contributed by atoms with Gasteiger partial charge in [0.2, 0.25) is 0 Å². The Hall–Kier alpha value is -1.80. The summed E-state index contributed by atoms with van der Waals surface area (Å²) in [5, 5.41) is 0. The van der Waals surface area contributed by atoms with Crippen LogP contribution in [0, 0.1) is 13.8 Å². The van der Waals surface area contributed by atoms with Gasteiger partial charge >= 0.3 is 0 Å². The quantitative estimate of drug-likeness (QED) is 0.906. The molecule has 100 valence electrons. The fourth-order valence-corrected chi connectivity index (χ4v) is 2.39. The molecule has 0 bridgehead atoms. The van der Waals surface area contributed by atoms with Crippen LogP contribution in [0.4, 0.5) is 5.69 Å². The molecule has 0 unspecified atom stereocenters. The second-order valence-corrected chi connectivity index (χ2v) is 5.23. The Kier molecular flexibility index (Phi) is 4.23. The molecule has 0 heterocycles. The lowest BCUT2D eigenvalue weighted by Crippen LogP contribution is -2.16. The van der Waals surface area contributed by atoms with Crippen molar-refractivity contribution in [2.24, 2.45) is 5.73 Å². The first kappa shape index (κ1) is 13.6. The highest BCUT2D eigenvalue weighted by Gasteiger charge is 2.04. The van der Waals surface area contributed by atoms with Gasteiger partial charge in [-0.2, -0.15) is 0 Å². The lowest BCUT2D eigenvalue weighted by molar-refractivity contribution is 0.915. The fraction of sp³-hybridized carbons (Fsp3) is 0.294. The van der Waals surface area contributed by atoms with E-state index < -0.39 is 0 Å². The van der Waals surface area contributed by atoms with E-state index in [9.17, 15) is 0 Å². The number of aryl methyl sites for hydroxylation is 2. The van der Waals surface area contributed by atoms with Gasteiger partial charge in [-0.3, -0.25) is 0 Å². The monoisotopic (exact) mass is 254 g/mol. The Morgan fingerprint density at radius 2 is 1.58 bits per heavy atom. The van der Waals surface area contributed by atoms with Gasteiger partial charge in [-0.05, 0) is 48.2 Å². The van der Waals surface area contributed by atoms with Crippen LogP contribution in [-0.2, 0) is 13.1 Å². The minimum atomic E-state index is 0.598. The molecule has 2 aromatic carbocycles. The molecule has 2 heteroatoms. The molecule has 2 aromatic rings. The normalized spacial score (nSPS) is 10.5. The minimum absolute atomic E-state index is 0.598. The molecule has 0 aliphatic carbocycles. The smallest absolute Gasteiger partial charge is 0.0426 e. The summed E-state index contributed by atoms with van der Waals surface area (Å²) in [6.45, 7) is 5.77. The molecular weight excluding hydrogens is 232 g/mol. The molecule has 0 aliphatic rings. The van der Waals surface area contributed by atoms with Crippen LogP contribution >= 0.6 is 0 Å². The van der Waals surface area contributed by atoms with Crippen LogP contribution in [0.15, 0.2) is 42.5 Å². The summed E-state index contributed by atoms with van der Waals surface area (Å²) in [6, 6.07) is 15.1. The Bertz CT molecular complexity index is 541. The highest BCUT2D eigenvalue weighted by atomic mass is 15.1. The third-order valence-corrected chi connectivity index (χ3v) is 3.29. The first-order valence-corrected chi connectivity index (χ1v) is 6.66. The standard InChI is InChI=1S/C17H22N2/c1-13-7-14(2)9-17(8-13)19(3)12-16-6-4-5-15(10-16)11-18/h4-10H,11-12,18H2,1-3H3. The molecule has 0 aromatic heterocycles. The van der Waals surface area contributed by atoms with Crippen LogP contribution in [0.25, 0.3) is 0 Å². The largest absolute Gasteiger partial charge is 0.370 e. The number of hydrogen-bond donors (Lipinski definition) is 1. The van der Waals surface area contributed by atoms with Gasteiger partial charge in [-0.1, -0.05) is 30.3 Å².